The highest BCUT2D eigenvalue weighted by atomic mass is 35.5. The summed E-state index contributed by atoms with van der Waals surface area (Å²) < 4.78 is 0. The molecule has 0 fully saturated rings. The summed E-state index contributed by atoms with van der Waals surface area (Å²) in [6.45, 7) is 0. The Morgan fingerprint density at radius 1 is 1.47 bits per heavy atom. The van der Waals surface area contributed by atoms with Crippen molar-refractivity contribution in [3.05, 3.63) is 27.7 Å². The molecule has 6 heteroatoms. The summed E-state index contributed by atoms with van der Waals surface area (Å²) in [5.74, 6) is -1.11. The van der Waals surface area contributed by atoms with Gasteiger partial charge in [0.2, 0.25) is 0 Å². The van der Waals surface area contributed by atoms with Gasteiger partial charge in [-0.1, -0.05) is 23.2 Å². The molecule has 0 aliphatic carbocycles. The number of halogens is 2. The fourth-order valence-corrected chi connectivity index (χ4v) is 1.55. The van der Waals surface area contributed by atoms with Crippen LogP contribution >= 0.6 is 23.2 Å². The predicted molar refractivity (Wildman–Crippen MR) is 60.2 cm³/mol. The smallest absolute Gasteiger partial charge is 0.320 e. The van der Waals surface area contributed by atoms with Crippen LogP contribution in [0.4, 0.5) is 5.69 Å². The molecule has 4 nitrogen and oxygen atoms in total. The molecule has 1 unspecified atom stereocenters. The van der Waals surface area contributed by atoms with Crippen molar-refractivity contribution in [2.24, 2.45) is 5.73 Å². The summed E-state index contributed by atoms with van der Waals surface area (Å²) >= 11 is 11.7. The molecule has 0 aliphatic rings. The highest BCUT2D eigenvalue weighted by Gasteiger charge is 2.17. The molecule has 1 aromatic rings. The zero-order valence-electron chi connectivity index (χ0n) is 7.71. The lowest BCUT2D eigenvalue weighted by molar-refractivity contribution is -0.138. The van der Waals surface area contributed by atoms with Crippen LogP contribution in [0.25, 0.3) is 0 Å². The van der Waals surface area contributed by atoms with Gasteiger partial charge < -0.3 is 16.6 Å². The summed E-state index contributed by atoms with van der Waals surface area (Å²) in [5.41, 5.74) is 11.9. The Kier molecular flexibility index (Phi) is 3.79. The Balaban J connectivity index is 3.03. The molecule has 1 aromatic carbocycles. The van der Waals surface area contributed by atoms with Gasteiger partial charge in [0.15, 0.2) is 0 Å². The minimum atomic E-state index is -1.11. The molecule has 0 aromatic heterocycles. The molecule has 0 radical (unpaired) electrons. The molecule has 0 bridgehead atoms. The van der Waals surface area contributed by atoms with Crippen LogP contribution in [0.2, 0.25) is 10.0 Å². The van der Waals surface area contributed by atoms with Gasteiger partial charge in [-0.15, -0.1) is 0 Å². The minimum Gasteiger partial charge on any atom is -0.480 e. The molecule has 0 spiro atoms. The van der Waals surface area contributed by atoms with Crippen LogP contribution in [-0.2, 0) is 11.2 Å². The van der Waals surface area contributed by atoms with Crippen molar-refractivity contribution >= 4 is 34.9 Å². The molecule has 15 heavy (non-hydrogen) atoms. The van der Waals surface area contributed by atoms with Crippen LogP contribution in [0.1, 0.15) is 5.56 Å². The first-order valence-corrected chi connectivity index (χ1v) is 4.89. The average Bonchev–Trinajstić information content (AvgIpc) is 2.18. The van der Waals surface area contributed by atoms with Crippen molar-refractivity contribution < 1.29 is 9.90 Å². The summed E-state index contributed by atoms with van der Waals surface area (Å²) in [6.07, 6.45) is 0.0561. The second kappa shape index (κ2) is 4.70. The Morgan fingerprint density at radius 3 is 2.60 bits per heavy atom. The molecule has 5 N–H and O–H groups in total. The van der Waals surface area contributed by atoms with Crippen LogP contribution in [0.15, 0.2) is 12.1 Å². The first-order chi connectivity index (χ1) is 6.93. The van der Waals surface area contributed by atoms with Crippen LogP contribution < -0.4 is 11.5 Å². The topological polar surface area (TPSA) is 89.3 Å². The van der Waals surface area contributed by atoms with Crippen molar-refractivity contribution in [3.8, 4) is 0 Å². The van der Waals surface area contributed by atoms with Gasteiger partial charge in [-0.05, 0) is 17.7 Å². The van der Waals surface area contributed by atoms with Crippen molar-refractivity contribution in [2.45, 2.75) is 12.5 Å². The Hall–Kier alpha value is -0.970. The van der Waals surface area contributed by atoms with Gasteiger partial charge in [0.05, 0.1) is 10.0 Å². The van der Waals surface area contributed by atoms with Gasteiger partial charge in [0.1, 0.15) is 6.04 Å². The number of nitrogens with two attached hydrogens (primary N) is 2. The SMILES string of the molecule is Nc1ccc(Cl)c(Cl)c1CC(N)C(=O)O. The van der Waals surface area contributed by atoms with E-state index < -0.39 is 12.0 Å². The second-order valence-electron chi connectivity index (χ2n) is 3.08. The molecular formula is C9H10Cl2N2O2. The zero-order chi connectivity index (χ0) is 11.6. The van der Waals surface area contributed by atoms with Crippen LogP contribution in [0.3, 0.4) is 0 Å². The molecule has 0 saturated carbocycles. The fourth-order valence-electron chi connectivity index (χ4n) is 1.12. The Labute approximate surface area is 96.8 Å². The third kappa shape index (κ3) is 2.75. The quantitative estimate of drug-likeness (QED) is 0.708. The fraction of sp³-hybridized carbons (Fsp3) is 0.222. The number of carboxylic acids is 1. The van der Waals surface area contributed by atoms with Crippen molar-refractivity contribution in [1.29, 1.82) is 0 Å². The lowest BCUT2D eigenvalue weighted by Crippen LogP contribution is -2.32. The van der Waals surface area contributed by atoms with E-state index in [9.17, 15) is 4.79 Å². The van der Waals surface area contributed by atoms with Gasteiger partial charge >= 0.3 is 5.97 Å². The van der Waals surface area contributed by atoms with E-state index in [-0.39, 0.29) is 11.4 Å². The van der Waals surface area contributed by atoms with Crippen LogP contribution in [0, 0.1) is 0 Å². The van der Waals surface area contributed by atoms with E-state index >= 15 is 0 Å². The predicted octanol–water partition coefficient (Wildman–Crippen LogP) is 1.53. The van der Waals surface area contributed by atoms with Gasteiger partial charge in [-0.3, -0.25) is 4.79 Å². The number of benzene rings is 1. The number of anilines is 1. The van der Waals surface area contributed by atoms with Gasteiger partial charge in [-0.2, -0.15) is 0 Å². The monoisotopic (exact) mass is 248 g/mol. The molecule has 82 valence electrons. The van der Waals surface area contributed by atoms with Crippen molar-refractivity contribution in [1.82, 2.24) is 0 Å². The van der Waals surface area contributed by atoms with E-state index in [1.807, 2.05) is 0 Å². The van der Waals surface area contributed by atoms with Gasteiger partial charge in [0.25, 0.3) is 0 Å². The van der Waals surface area contributed by atoms with Crippen molar-refractivity contribution in [3.63, 3.8) is 0 Å². The zero-order valence-corrected chi connectivity index (χ0v) is 9.22. The van der Waals surface area contributed by atoms with E-state index in [1.165, 1.54) is 0 Å². The van der Waals surface area contributed by atoms with E-state index in [2.05, 4.69) is 0 Å². The van der Waals surface area contributed by atoms with Crippen molar-refractivity contribution in [2.75, 3.05) is 5.73 Å². The largest absolute Gasteiger partial charge is 0.480 e. The molecular weight excluding hydrogens is 239 g/mol. The summed E-state index contributed by atoms with van der Waals surface area (Å²) in [5, 5.41) is 9.24. The number of carboxylic acid groups (broad SMARTS) is 1. The van der Waals surface area contributed by atoms with Crippen LogP contribution in [0.5, 0.6) is 0 Å². The number of carbonyl (C=O) groups is 1. The van der Waals surface area contributed by atoms with Gasteiger partial charge in [0, 0.05) is 12.1 Å². The number of hydrogen-bond donors (Lipinski definition) is 3. The van der Waals surface area contributed by atoms with Gasteiger partial charge in [-0.25, -0.2) is 0 Å². The van der Waals surface area contributed by atoms with E-state index in [1.54, 1.807) is 12.1 Å². The Bertz CT molecular complexity index is 396. The Morgan fingerprint density at radius 2 is 2.07 bits per heavy atom. The summed E-state index contributed by atoms with van der Waals surface area (Å²) in [4.78, 5) is 10.6. The normalized spacial score (nSPS) is 12.5. The third-order valence-corrected chi connectivity index (χ3v) is 2.82. The standard InChI is InChI=1S/C9H10Cl2N2O2/c10-5-1-2-6(12)4(8(5)11)3-7(13)9(14)15/h1-2,7H,3,12-13H2,(H,14,15). The lowest BCUT2D eigenvalue weighted by Gasteiger charge is -2.11. The average molecular weight is 249 g/mol. The lowest BCUT2D eigenvalue weighted by atomic mass is 10.0. The molecule has 0 heterocycles. The molecule has 0 saturated heterocycles. The molecule has 1 rings (SSSR count). The molecule has 1 atom stereocenters. The summed E-state index contributed by atoms with van der Waals surface area (Å²) in [6, 6.07) is 2.08. The van der Waals surface area contributed by atoms with E-state index in [0.717, 1.165) is 0 Å². The molecule has 0 amide bonds. The minimum absolute atomic E-state index is 0.0561. The first kappa shape index (κ1) is 12.1. The maximum Gasteiger partial charge on any atom is 0.320 e. The van der Waals surface area contributed by atoms with E-state index in [4.69, 9.17) is 39.8 Å². The summed E-state index contributed by atoms with van der Waals surface area (Å²) in [7, 11) is 0. The highest BCUT2D eigenvalue weighted by Crippen LogP contribution is 2.30. The number of aliphatic carboxylic acids is 1. The van der Waals surface area contributed by atoms with E-state index in [0.29, 0.717) is 16.3 Å². The number of nitrogen functional groups attached to an aromatic ring is 1. The molecule has 0 aliphatic heterocycles. The number of rotatable bonds is 3. The third-order valence-electron chi connectivity index (χ3n) is 1.97. The maximum absolute atomic E-state index is 10.6. The number of hydrogen-bond acceptors (Lipinski definition) is 3. The highest BCUT2D eigenvalue weighted by molar-refractivity contribution is 6.42. The maximum atomic E-state index is 10.6. The first-order valence-electron chi connectivity index (χ1n) is 4.14. The van der Waals surface area contributed by atoms with Crippen LogP contribution in [-0.4, -0.2) is 17.1 Å². The second-order valence-corrected chi connectivity index (χ2v) is 3.86.